The number of piperazine rings is 1. The van der Waals surface area contributed by atoms with Gasteiger partial charge in [0.25, 0.3) is 0 Å². The smallest absolute Gasteiger partial charge is 0.220 e. The van der Waals surface area contributed by atoms with Crippen LogP contribution < -0.4 is 5.32 Å². The number of hydrogen-bond acceptors (Lipinski definition) is 5. The van der Waals surface area contributed by atoms with Gasteiger partial charge in [0, 0.05) is 63.5 Å². The summed E-state index contributed by atoms with van der Waals surface area (Å²) in [4.78, 5) is 9.88. The molecule has 2 aromatic heterocycles. The van der Waals surface area contributed by atoms with E-state index >= 15 is 0 Å². The molecule has 168 valence electrons. The number of H-pyrrole nitrogens is 1. The van der Waals surface area contributed by atoms with Crippen LogP contribution in [0.25, 0.3) is 10.9 Å². The highest BCUT2D eigenvalue weighted by Gasteiger charge is 2.28. The molecule has 1 fully saturated rings. The number of aromatic amines is 1. The van der Waals surface area contributed by atoms with Gasteiger partial charge in [-0.15, -0.1) is 24.0 Å². The van der Waals surface area contributed by atoms with Crippen molar-refractivity contribution in [2.24, 2.45) is 4.99 Å². The predicted molar refractivity (Wildman–Crippen MR) is 131 cm³/mol. The third kappa shape index (κ3) is 5.77. The van der Waals surface area contributed by atoms with Gasteiger partial charge >= 0.3 is 0 Å². The summed E-state index contributed by atoms with van der Waals surface area (Å²) in [6, 6.07) is 12.0. The van der Waals surface area contributed by atoms with Crippen LogP contribution in [0.1, 0.15) is 11.4 Å². The molecule has 1 aliphatic rings. The van der Waals surface area contributed by atoms with E-state index in [4.69, 9.17) is 4.52 Å². The molecule has 0 atom stereocenters. The van der Waals surface area contributed by atoms with Crippen molar-refractivity contribution in [2.75, 3.05) is 39.8 Å². The number of nitrogens with one attached hydrogen (secondary N) is 2. The average molecular weight is 558 g/mol. The molecular weight excluding hydrogens is 531 g/mol. The summed E-state index contributed by atoms with van der Waals surface area (Å²) in [5.74, 6) is 0.653. The molecule has 1 aliphatic heterocycles. The number of guanidine groups is 1. The number of hydrogen-bond donors (Lipinski definition) is 2. The molecule has 0 radical (unpaired) electrons. The zero-order valence-corrected chi connectivity index (χ0v) is 20.5. The standard InChI is InChI=1S/C20H26N6O3S.HI/c1-21-20(22-8-6-17-14-16-4-2-3-5-19(16)23-17)25-9-11-26(12-10-25)30(27,28)15-18-7-13-29-24-18;/h2-5,7,13-14,23H,6,8-12,15H2,1H3,(H,21,22);1H. The lowest BCUT2D eigenvalue weighted by Crippen LogP contribution is -2.54. The van der Waals surface area contributed by atoms with Crippen molar-refractivity contribution in [1.82, 2.24) is 24.7 Å². The lowest BCUT2D eigenvalue weighted by molar-refractivity contribution is 0.260. The summed E-state index contributed by atoms with van der Waals surface area (Å²) in [7, 11) is -1.66. The lowest BCUT2D eigenvalue weighted by Gasteiger charge is -2.35. The van der Waals surface area contributed by atoms with Gasteiger partial charge in [0.15, 0.2) is 5.96 Å². The van der Waals surface area contributed by atoms with Gasteiger partial charge in [0.2, 0.25) is 10.0 Å². The normalized spacial score (nSPS) is 15.8. The Kier molecular flexibility index (Phi) is 7.94. The van der Waals surface area contributed by atoms with Gasteiger partial charge in [-0.1, -0.05) is 23.4 Å². The number of fused-ring (bicyclic) bond motifs is 1. The number of nitrogens with zero attached hydrogens (tertiary/aromatic N) is 4. The van der Waals surface area contributed by atoms with Gasteiger partial charge < -0.3 is 19.7 Å². The number of benzene rings is 1. The van der Waals surface area contributed by atoms with Gasteiger partial charge in [-0.25, -0.2) is 8.42 Å². The van der Waals surface area contributed by atoms with Crippen LogP contribution in [0.15, 0.2) is 52.2 Å². The Balaban J connectivity index is 0.00000272. The minimum atomic E-state index is -3.41. The summed E-state index contributed by atoms with van der Waals surface area (Å²) >= 11 is 0. The van der Waals surface area contributed by atoms with Crippen LogP contribution in [-0.4, -0.2) is 73.5 Å². The summed E-state index contributed by atoms with van der Waals surface area (Å²) in [5.41, 5.74) is 2.73. The molecule has 1 aromatic carbocycles. The van der Waals surface area contributed by atoms with E-state index in [0.717, 1.165) is 24.4 Å². The maximum atomic E-state index is 12.6. The van der Waals surface area contributed by atoms with Crippen molar-refractivity contribution >= 4 is 50.9 Å². The molecule has 0 spiro atoms. The lowest BCUT2D eigenvalue weighted by atomic mass is 10.2. The summed E-state index contributed by atoms with van der Waals surface area (Å²) < 4.78 is 31.4. The fourth-order valence-electron chi connectivity index (χ4n) is 3.68. The fraction of sp³-hybridized carbons (Fsp3) is 0.400. The first-order valence-electron chi connectivity index (χ1n) is 9.94. The minimum absolute atomic E-state index is 0. The Bertz CT molecular complexity index is 1070. The first-order valence-corrected chi connectivity index (χ1v) is 11.6. The molecule has 11 heteroatoms. The number of rotatable bonds is 6. The fourth-order valence-corrected chi connectivity index (χ4v) is 5.10. The van der Waals surface area contributed by atoms with Crippen LogP contribution in [0, 0.1) is 0 Å². The Hall–Kier alpha value is -2.12. The quantitative estimate of drug-likeness (QED) is 0.273. The minimum Gasteiger partial charge on any atom is -0.364 e. The van der Waals surface area contributed by atoms with E-state index in [-0.39, 0.29) is 29.7 Å². The number of halogens is 1. The topological polar surface area (TPSA) is 107 Å². The summed E-state index contributed by atoms with van der Waals surface area (Å²) in [6.07, 6.45) is 2.23. The zero-order valence-electron chi connectivity index (χ0n) is 17.3. The molecule has 2 N–H and O–H groups in total. The first-order chi connectivity index (χ1) is 14.5. The monoisotopic (exact) mass is 558 g/mol. The van der Waals surface area contributed by atoms with Crippen LogP contribution >= 0.6 is 24.0 Å². The SMILES string of the molecule is CN=C(NCCc1cc2ccccc2[nH]1)N1CCN(S(=O)(=O)Cc2ccon2)CC1.I. The molecule has 0 unspecified atom stereocenters. The van der Waals surface area contributed by atoms with Gasteiger partial charge in [0.1, 0.15) is 12.0 Å². The van der Waals surface area contributed by atoms with E-state index in [0.29, 0.717) is 31.9 Å². The van der Waals surface area contributed by atoms with Crippen molar-refractivity contribution in [1.29, 1.82) is 0 Å². The maximum absolute atomic E-state index is 12.6. The molecule has 0 saturated carbocycles. The van der Waals surface area contributed by atoms with Gasteiger partial charge in [0.05, 0.1) is 5.69 Å². The second-order valence-corrected chi connectivity index (χ2v) is 9.21. The molecule has 4 rings (SSSR count). The number of aromatic nitrogens is 2. The van der Waals surface area contributed by atoms with Crippen LogP contribution in [0.4, 0.5) is 0 Å². The molecule has 3 aromatic rings. The van der Waals surface area contributed by atoms with Crippen LogP contribution in [-0.2, 0) is 22.2 Å². The molecule has 3 heterocycles. The molecule has 31 heavy (non-hydrogen) atoms. The number of sulfonamides is 1. The second kappa shape index (κ2) is 10.5. The van der Waals surface area contributed by atoms with Gasteiger partial charge in [-0.05, 0) is 17.5 Å². The third-order valence-electron chi connectivity index (χ3n) is 5.23. The second-order valence-electron chi connectivity index (χ2n) is 7.24. The van der Waals surface area contributed by atoms with E-state index in [1.165, 1.54) is 21.6 Å². The Morgan fingerprint density at radius 3 is 2.68 bits per heavy atom. The van der Waals surface area contributed by atoms with Crippen LogP contribution in [0.2, 0.25) is 0 Å². The number of aliphatic imine (C=N–C) groups is 1. The molecular formula is C20H27IN6O3S. The Labute approximate surface area is 198 Å². The first kappa shape index (κ1) is 23.5. The highest BCUT2D eigenvalue weighted by atomic mass is 127. The van der Waals surface area contributed by atoms with Crippen molar-refractivity contribution in [2.45, 2.75) is 12.2 Å². The molecule has 0 bridgehead atoms. The van der Waals surface area contributed by atoms with E-state index in [9.17, 15) is 8.42 Å². The van der Waals surface area contributed by atoms with Gasteiger partial charge in [-0.3, -0.25) is 4.99 Å². The molecule has 0 aliphatic carbocycles. The average Bonchev–Trinajstić information content (AvgIpc) is 3.40. The van der Waals surface area contributed by atoms with E-state index in [2.05, 4.69) is 43.5 Å². The zero-order chi connectivity index (χ0) is 21.0. The van der Waals surface area contributed by atoms with E-state index < -0.39 is 10.0 Å². The predicted octanol–water partition coefficient (Wildman–Crippen LogP) is 2.04. The highest BCUT2D eigenvalue weighted by Crippen LogP contribution is 2.15. The van der Waals surface area contributed by atoms with Crippen LogP contribution in [0.5, 0.6) is 0 Å². The van der Waals surface area contributed by atoms with Crippen molar-refractivity contribution < 1.29 is 12.9 Å². The number of para-hydroxylation sites is 1. The molecule has 0 amide bonds. The van der Waals surface area contributed by atoms with E-state index in [1.807, 2.05) is 12.1 Å². The molecule has 1 saturated heterocycles. The Morgan fingerprint density at radius 2 is 2.00 bits per heavy atom. The molecule has 9 nitrogen and oxygen atoms in total. The van der Waals surface area contributed by atoms with Crippen molar-refractivity contribution in [3.8, 4) is 0 Å². The summed E-state index contributed by atoms with van der Waals surface area (Å²) in [5, 5.41) is 8.30. The largest absolute Gasteiger partial charge is 0.364 e. The van der Waals surface area contributed by atoms with E-state index in [1.54, 1.807) is 13.1 Å². The third-order valence-corrected chi connectivity index (χ3v) is 7.04. The maximum Gasteiger partial charge on any atom is 0.220 e. The van der Waals surface area contributed by atoms with Crippen molar-refractivity contribution in [3.05, 3.63) is 54.0 Å². The van der Waals surface area contributed by atoms with Crippen LogP contribution in [0.3, 0.4) is 0 Å². The van der Waals surface area contributed by atoms with Crippen molar-refractivity contribution in [3.63, 3.8) is 0 Å². The Morgan fingerprint density at radius 1 is 1.23 bits per heavy atom. The summed E-state index contributed by atoms with van der Waals surface area (Å²) in [6.45, 7) is 2.75. The highest BCUT2D eigenvalue weighted by molar-refractivity contribution is 14.0. The van der Waals surface area contributed by atoms with Gasteiger partial charge in [-0.2, -0.15) is 4.31 Å².